The second-order valence-corrected chi connectivity index (χ2v) is 7.94. The molecule has 0 saturated carbocycles. The molecular formula is C23H31N3S. The molecule has 144 valence electrons. The molecular weight excluding hydrogens is 350 g/mol. The molecule has 1 atom stereocenters. The van der Waals surface area contributed by atoms with E-state index in [1.807, 2.05) is 0 Å². The lowest BCUT2D eigenvalue weighted by atomic mass is 9.99. The minimum absolute atomic E-state index is 0.604. The van der Waals surface area contributed by atoms with Crippen molar-refractivity contribution in [3.63, 3.8) is 0 Å². The van der Waals surface area contributed by atoms with Gasteiger partial charge in [0.25, 0.3) is 0 Å². The third-order valence-corrected chi connectivity index (χ3v) is 6.02. The Morgan fingerprint density at radius 3 is 2.33 bits per heavy atom. The summed E-state index contributed by atoms with van der Waals surface area (Å²) in [6, 6.07) is 17.4. The van der Waals surface area contributed by atoms with Crippen LogP contribution >= 0.6 is 12.2 Å². The Morgan fingerprint density at radius 2 is 1.70 bits per heavy atom. The minimum Gasteiger partial charge on any atom is -0.346 e. The van der Waals surface area contributed by atoms with Crippen molar-refractivity contribution >= 4 is 23.0 Å². The van der Waals surface area contributed by atoms with E-state index < -0.39 is 0 Å². The summed E-state index contributed by atoms with van der Waals surface area (Å²) in [5.41, 5.74) is 5.26. The van der Waals surface area contributed by atoms with Gasteiger partial charge in [-0.1, -0.05) is 50.2 Å². The summed E-state index contributed by atoms with van der Waals surface area (Å²) in [6.45, 7) is 11.8. The highest BCUT2D eigenvalue weighted by Crippen LogP contribution is 2.21. The summed E-state index contributed by atoms with van der Waals surface area (Å²) < 4.78 is 0. The van der Waals surface area contributed by atoms with Crippen LogP contribution in [0.15, 0.2) is 48.5 Å². The van der Waals surface area contributed by atoms with Gasteiger partial charge in [0.1, 0.15) is 0 Å². The topological polar surface area (TPSA) is 18.5 Å². The quantitative estimate of drug-likeness (QED) is 0.733. The fraction of sp³-hybridized carbons (Fsp3) is 0.435. The van der Waals surface area contributed by atoms with Crippen LogP contribution < -0.4 is 5.32 Å². The molecule has 0 bridgehead atoms. The third kappa shape index (κ3) is 5.30. The maximum Gasteiger partial charge on any atom is 0.173 e. The molecule has 1 N–H and O–H groups in total. The fourth-order valence-electron chi connectivity index (χ4n) is 3.47. The number of piperazine rings is 1. The van der Waals surface area contributed by atoms with E-state index in [0.717, 1.165) is 49.9 Å². The number of nitrogens with zero attached hydrogens (tertiary/aromatic N) is 2. The van der Waals surface area contributed by atoms with E-state index in [2.05, 4.69) is 84.4 Å². The Morgan fingerprint density at radius 1 is 1.04 bits per heavy atom. The zero-order chi connectivity index (χ0) is 19.2. The molecule has 0 spiro atoms. The smallest absolute Gasteiger partial charge is 0.173 e. The molecule has 0 aromatic heterocycles. The largest absolute Gasteiger partial charge is 0.346 e. The van der Waals surface area contributed by atoms with E-state index in [-0.39, 0.29) is 0 Å². The molecule has 1 unspecified atom stereocenters. The van der Waals surface area contributed by atoms with Gasteiger partial charge in [-0.2, -0.15) is 0 Å². The first-order valence-corrected chi connectivity index (χ1v) is 10.4. The van der Waals surface area contributed by atoms with Gasteiger partial charge in [0, 0.05) is 38.4 Å². The minimum atomic E-state index is 0.604. The zero-order valence-corrected chi connectivity index (χ0v) is 17.6. The summed E-state index contributed by atoms with van der Waals surface area (Å²) in [5, 5.41) is 4.24. The summed E-state index contributed by atoms with van der Waals surface area (Å²) in [7, 11) is 0. The first kappa shape index (κ1) is 19.8. The molecule has 3 rings (SSSR count). The van der Waals surface area contributed by atoms with Crippen molar-refractivity contribution in [3.05, 3.63) is 65.2 Å². The number of anilines is 1. The van der Waals surface area contributed by atoms with Crippen molar-refractivity contribution in [2.75, 3.05) is 31.5 Å². The van der Waals surface area contributed by atoms with E-state index >= 15 is 0 Å². The molecule has 1 aliphatic rings. The van der Waals surface area contributed by atoms with Crippen LogP contribution in [-0.2, 0) is 6.54 Å². The van der Waals surface area contributed by atoms with Crippen LogP contribution in [-0.4, -0.2) is 41.1 Å². The highest BCUT2D eigenvalue weighted by Gasteiger charge is 2.19. The number of aryl methyl sites for hydroxylation is 1. The number of hydrogen-bond donors (Lipinski definition) is 1. The van der Waals surface area contributed by atoms with Gasteiger partial charge in [-0.25, -0.2) is 0 Å². The predicted molar refractivity (Wildman–Crippen MR) is 119 cm³/mol. The maximum absolute atomic E-state index is 5.65. The molecule has 3 nitrogen and oxygen atoms in total. The van der Waals surface area contributed by atoms with Crippen LogP contribution in [0.5, 0.6) is 0 Å². The van der Waals surface area contributed by atoms with E-state index in [4.69, 9.17) is 12.2 Å². The van der Waals surface area contributed by atoms with Crippen LogP contribution in [0.1, 0.15) is 42.9 Å². The highest BCUT2D eigenvalue weighted by atomic mass is 32.1. The van der Waals surface area contributed by atoms with Crippen LogP contribution in [0.25, 0.3) is 0 Å². The molecule has 27 heavy (non-hydrogen) atoms. The van der Waals surface area contributed by atoms with E-state index in [9.17, 15) is 0 Å². The van der Waals surface area contributed by atoms with Gasteiger partial charge in [0.2, 0.25) is 0 Å². The van der Waals surface area contributed by atoms with E-state index in [1.165, 1.54) is 16.7 Å². The molecule has 4 heteroatoms. The summed E-state index contributed by atoms with van der Waals surface area (Å²) in [6.07, 6.45) is 1.16. The number of hydrogen-bond acceptors (Lipinski definition) is 2. The molecule has 1 saturated heterocycles. The summed E-state index contributed by atoms with van der Waals surface area (Å²) >= 11 is 5.65. The first-order chi connectivity index (χ1) is 13.1. The van der Waals surface area contributed by atoms with Gasteiger partial charge in [0.05, 0.1) is 0 Å². The third-order valence-electron chi connectivity index (χ3n) is 5.66. The Kier molecular flexibility index (Phi) is 6.86. The molecule has 2 aromatic rings. The molecule has 1 aliphatic heterocycles. The highest BCUT2D eigenvalue weighted by molar-refractivity contribution is 7.80. The standard InChI is InChI=1S/C23H31N3S/c1-4-18(2)20-9-11-22(12-10-20)24-23(27)26-15-13-25(14-16-26)17-21-8-6-5-7-19(21)3/h5-12,18H,4,13-17H2,1-3H3,(H,24,27). The van der Waals surface area contributed by atoms with Gasteiger partial charge < -0.3 is 10.2 Å². The normalized spacial score (nSPS) is 16.2. The van der Waals surface area contributed by atoms with Crippen molar-refractivity contribution in [2.24, 2.45) is 0 Å². The number of nitrogens with one attached hydrogen (secondary N) is 1. The van der Waals surface area contributed by atoms with Crippen LogP contribution in [0.4, 0.5) is 5.69 Å². The second kappa shape index (κ2) is 9.34. The fourth-order valence-corrected chi connectivity index (χ4v) is 3.77. The number of rotatable bonds is 5. The Hall–Kier alpha value is -1.91. The molecule has 0 aliphatic carbocycles. The summed E-state index contributed by atoms with van der Waals surface area (Å²) in [5.74, 6) is 0.604. The molecule has 0 radical (unpaired) electrons. The van der Waals surface area contributed by atoms with Gasteiger partial charge in [-0.05, 0) is 60.3 Å². The Bertz CT molecular complexity index is 748. The molecule has 1 heterocycles. The molecule has 2 aromatic carbocycles. The number of benzene rings is 2. The predicted octanol–water partition coefficient (Wildman–Crippen LogP) is 5.02. The maximum atomic E-state index is 5.65. The Labute approximate surface area is 169 Å². The Balaban J connectivity index is 1.49. The van der Waals surface area contributed by atoms with Crippen molar-refractivity contribution in [1.82, 2.24) is 9.80 Å². The lowest BCUT2D eigenvalue weighted by molar-refractivity contribution is 0.176. The van der Waals surface area contributed by atoms with Crippen LogP contribution in [0.3, 0.4) is 0 Å². The average molecular weight is 382 g/mol. The van der Waals surface area contributed by atoms with Crippen molar-refractivity contribution in [3.8, 4) is 0 Å². The lowest BCUT2D eigenvalue weighted by Gasteiger charge is -2.36. The van der Waals surface area contributed by atoms with Gasteiger partial charge in [0.15, 0.2) is 5.11 Å². The van der Waals surface area contributed by atoms with Crippen molar-refractivity contribution in [1.29, 1.82) is 0 Å². The lowest BCUT2D eigenvalue weighted by Crippen LogP contribution is -2.49. The van der Waals surface area contributed by atoms with E-state index in [0.29, 0.717) is 5.92 Å². The molecule has 1 fully saturated rings. The zero-order valence-electron chi connectivity index (χ0n) is 16.7. The number of thiocarbonyl (C=S) groups is 1. The SMILES string of the molecule is CCC(C)c1ccc(NC(=S)N2CCN(Cc3ccccc3C)CC2)cc1. The van der Waals surface area contributed by atoms with E-state index in [1.54, 1.807) is 0 Å². The monoisotopic (exact) mass is 381 g/mol. The second-order valence-electron chi connectivity index (χ2n) is 7.55. The van der Waals surface area contributed by atoms with Crippen molar-refractivity contribution < 1.29 is 0 Å². The van der Waals surface area contributed by atoms with Gasteiger partial charge >= 0.3 is 0 Å². The van der Waals surface area contributed by atoms with Crippen LogP contribution in [0, 0.1) is 6.92 Å². The molecule has 0 amide bonds. The van der Waals surface area contributed by atoms with Gasteiger partial charge in [-0.15, -0.1) is 0 Å². The van der Waals surface area contributed by atoms with Crippen molar-refractivity contribution in [2.45, 2.75) is 39.7 Å². The van der Waals surface area contributed by atoms with Crippen LogP contribution in [0.2, 0.25) is 0 Å². The van der Waals surface area contributed by atoms with Gasteiger partial charge in [-0.3, -0.25) is 4.90 Å². The summed E-state index contributed by atoms with van der Waals surface area (Å²) in [4.78, 5) is 4.80. The average Bonchev–Trinajstić information content (AvgIpc) is 2.70. The first-order valence-electron chi connectivity index (χ1n) is 9.99.